The minimum absolute atomic E-state index is 0.00295. The van der Waals surface area contributed by atoms with Crippen LogP contribution < -0.4 is 0 Å². The van der Waals surface area contributed by atoms with Gasteiger partial charge in [-0.05, 0) is 20.8 Å². The summed E-state index contributed by atoms with van der Waals surface area (Å²) >= 11 is 0. The quantitative estimate of drug-likeness (QED) is 0.376. The molecule has 0 radical (unpaired) electrons. The van der Waals surface area contributed by atoms with E-state index < -0.39 is 13.6 Å². The van der Waals surface area contributed by atoms with Gasteiger partial charge in [-0.25, -0.2) is 4.79 Å². The van der Waals surface area contributed by atoms with Crippen LogP contribution in [0.25, 0.3) is 0 Å². The van der Waals surface area contributed by atoms with Crippen LogP contribution in [-0.2, 0) is 23.1 Å². The van der Waals surface area contributed by atoms with Crippen molar-refractivity contribution in [3.63, 3.8) is 0 Å². The van der Waals surface area contributed by atoms with Gasteiger partial charge in [0.2, 0.25) is 0 Å². The number of ether oxygens (including phenoxy) is 1. The molecule has 0 unspecified atom stereocenters. The third kappa shape index (κ3) is 6.05. The summed E-state index contributed by atoms with van der Waals surface area (Å²) in [4.78, 5) is 11.1. The summed E-state index contributed by atoms with van der Waals surface area (Å²) in [6.45, 7) is 9.04. The average molecular weight is 250 g/mol. The fraction of sp³-hybridized carbons (Fsp3) is 0.700. The Hall–Kier alpha value is -0.640. The van der Waals surface area contributed by atoms with Crippen LogP contribution in [0.15, 0.2) is 12.2 Å². The maximum atomic E-state index is 11.9. The number of esters is 1. The van der Waals surface area contributed by atoms with Crippen molar-refractivity contribution in [2.75, 3.05) is 26.0 Å². The molecule has 0 rings (SSSR count). The van der Waals surface area contributed by atoms with Crippen LogP contribution in [0, 0.1) is 0 Å². The molecule has 0 saturated carbocycles. The molecular formula is C10H19O5P. The van der Waals surface area contributed by atoms with E-state index in [0.717, 1.165) is 0 Å². The summed E-state index contributed by atoms with van der Waals surface area (Å²) in [7, 11) is -3.11. The van der Waals surface area contributed by atoms with E-state index in [1.165, 1.54) is 0 Å². The summed E-state index contributed by atoms with van der Waals surface area (Å²) in [5.74, 6) is -0.500. The molecule has 0 aliphatic carbocycles. The summed E-state index contributed by atoms with van der Waals surface area (Å²) in [6.07, 6.45) is 0.0632. The SMILES string of the molecule is C=C(C)C(=O)OCCP(=O)(OCC)OCC. The molecule has 0 atom stereocenters. The molecule has 0 fully saturated rings. The van der Waals surface area contributed by atoms with Gasteiger partial charge in [-0.3, -0.25) is 4.57 Å². The van der Waals surface area contributed by atoms with E-state index in [1.54, 1.807) is 20.8 Å². The molecule has 0 saturated heterocycles. The van der Waals surface area contributed by atoms with Crippen molar-refractivity contribution >= 4 is 13.6 Å². The maximum Gasteiger partial charge on any atom is 0.334 e. The standard InChI is InChI=1S/C10H19O5P/c1-5-14-16(12,15-6-2)8-7-13-10(11)9(3)4/h3,5-8H2,1-2,4H3. The maximum absolute atomic E-state index is 11.9. The van der Waals surface area contributed by atoms with E-state index in [4.69, 9.17) is 13.8 Å². The second kappa shape index (κ2) is 7.60. The van der Waals surface area contributed by atoms with Gasteiger partial charge in [0.1, 0.15) is 6.61 Å². The Kier molecular flexibility index (Phi) is 7.30. The lowest BCUT2D eigenvalue weighted by Crippen LogP contribution is -2.11. The Bertz CT molecular complexity index is 277. The minimum Gasteiger partial charge on any atom is -0.462 e. The first-order chi connectivity index (χ1) is 7.45. The summed E-state index contributed by atoms with van der Waals surface area (Å²) < 4.78 is 26.8. The van der Waals surface area contributed by atoms with Gasteiger partial charge < -0.3 is 13.8 Å². The van der Waals surface area contributed by atoms with Crippen molar-refractivity contribution in [1.82, 2.24) is 0 Å². The van der Waals surface area contributed by atoms with Crippen molar-refractivity contribution in [2.45, 2.75) is 20.8 Å². The molecule has 0 aromatic carbocycles. The Morgan fingerprint density at radius 3 is 2.12 bits per heavy atom. The van der Waals surface area contributed by atoms with Crippen LogP contribution in [0.3, 0.4) is 0 Å². The van der Waals surface area contributed by atoms with E-state index >= 15 is 0 Å². The highest BCUT2D eigenvalue weighted by atomic mass is 31.2. The molecule has 0 heterocycles. The Morgan fingerprint density at radius 2 is 1.75 bits per heavy atom. The smallest absolute Gasteiger partial charge is 0.334 e. The van der Waals surface area contributed by atoms with E-state index in [-0.39, 0.29) is 12.8 Å². The van der Waals surface area contributed by atoms with Crippen LogP contribution in [0.2, 0.25) is 0 Å². The van der Waals surface area contributed by atoms with Crippen molar-refractivity contribution in [1.29, 1.82) is 0 Å². The fourth-order valence-electron chi connectivity index (χ4n) is 0.933. The minimum atomic E-state index is -3.11. The Morgan fingerprint density at radius 1 is 1.25 bits per heavy atom. The van der Waals surface area contributed by atoms with E-state index in [1.807, 2.05) is 0 Å². The fourth-order valence-corrected chi connectivity index (χ4v) is 2.37. The molecule has 0 bridgehead atoms. The lowest BCUT2D eigenvalue weighted by atomic mass is 10.4. The predicted molar refractivity (Wildman–Crippen MR) is 61.5 cm³/mol. The average Bonchev–Trinajstić information content (AvgIpc) is 2.17. The van der Waals surface area contributed by atoms with Crippen LogP contribution in [-0.4, -0.2) is 32.0 Å². The van der Waals surface area contributed by atoms with Gasteiger partial charge >= 0.3 is 13.6 Å². The van der Waals surface area contributed by atoms with Crippen molar-refractivity contribution in [3.8, 4) is 0 Å². The van der Waals surface area contributed by atoms with Gasteiger partial charge in [0.15, 0.2) is 0 Å². The van der Waals surface area contributed by atoms with Crippen molar-refractivity contribution < 1.29 is 23.1 Å². The molecule has 0 aromatic heterocycles. The van der Waals surface area contributed by atoms with Gasteiger partial charge in [0.25, 0.3) is 0 Å². The van der Waals surface area contributed by atoms with Crippen LogP contribution in [0.5, 0.6) is 0 Å². The third-order valence-electron chi connectivity index (χ3n) is 1.60. The zero-order valence-electron chi connectivity index (χ0n) is 10.0. The van der Waals surface area contributed by atoms with Gasteiger partial charge in [-0.1, -0.05) is 6.58 Å². The lowest BCUT2D eigenvalue weighted by Gasteiger charge is -2.16. The molecule has 0 N–H and O–H groups in total. The first-order valence-corrected chi connectivity index (χ1v) is 6.88. The number of rotatable bonds is 8. The zero-order chi connectivity index (χ0) is 12.6. The molecule has 0 aromatic rings. The van der Waals surface area contributed by atoms with E-state index in [0.29, 0.717) is 18.8 Å². The van der Waals surface area contributed by atoms with Gasteiger partial charge in [0.05, 0.1) is 19.4 Å². The van der Waals surface area contributed by atoms with Gasteiger partial charge in [-0.15, -0.1) is 0 Å². The first kappa shape index (κ1) is 15.4. The molecule has 94 valence electrons. The van der Waals surface area contributed by atoms with Crippen molar-refractivity contribution in [2.24, 2.45) is 0 Å². The predicted octanol–water partition coefficient (Wildman–Crippen LogP) is 2.37. The summed E-state index contributed by atoms with van der Waals surface area (Å²) in [6, 6.07) is 0. The summed E-state index contributed by atoms with van der Waals surface area (Å²) in [5.41, 5.74) is 0.308. The second-order valence-electron chi connectivity index (χ2n) is 3.09. The second-order valence-corrected chi connectivity index (χ2v) is 5.27. The molecule has 5 nitrogen and oxygen atoms in total. The molecule has 0 aliphatic rings. The van der Waals surface area contributed by atoms with Gasteiger partial charge in [0, 0.05) is 5.57 Å². The van der Waals surface area contributed by atoms with Crippen LogP contribution >= 0.6 is 7.60 Å². The topological polar surface area (TPSA) is 61.8 Å². The number of carbonyl (C=O) groups excluding carboxylic acids is 1. The Balaban J connectivity index is 4.08. The highest BCUT2D eigenvalue weighted by Gasteiger charge is 2.23. The Labute approximate surface area is 96.3 Å². The normalized spacial score (nSPS) is 11.2. The van der Waals surface area contributed by atoms with Crippen LogP contribution in [0.1, 0.15) is 20.8 Å². The number of hydrogen-bond donors (Lipinski definition) is 0. The van der Waals surface area contributed by atoms with Gasteiger partial charge in [-0.2, -0.15) is 0 Å². The van der Waals surface area contributed by atoms with E-state index in [2.05, 4.69) is 6.58 Å². The highest BCUT2D eigenvalue weighted by Crippen LogP contribution is 2.47. The largest absolute Gasteiger partial charge is 0.462 e. The molecule has 0 spiro atoms. The third-order valence-corrected chi connectivity index (χ3v) is 3.63. The highest BCUT2D eigenvalue weighted by molar-refractivity contribution is 7.53. The first-order valence-electron chi connectivity index (χ1n) is 5.16. The molecule has 16 heavy (non-hydrogen) atoms. The number of carbonyl (C=O) groups is 1. The zero-order valence-corrected chi connectivity index (χ0v) is 10.9. The van der Waals surface area contributed by atoms with Crippen LogP contribution in [0.4, 0.5) is 0 Å². The van der Waals surface area contributed by atoms with Crippen molar-refractivity contribution in [3.05, 3.63) is 12.2 Å². The van der Waals surface area contributed by atoms with E-state index in [9.17, 15) is 9.36 Å². The molecule has 0 amide bonds. The molecular weight excluding hydrogens is 231 g/mol. The molecule has 6 heteroatoms. The lowest BCUT2D eigenvalue weighted by molar-refractivity contribution is -0.138. The number of hydrogen-bond acceptors (Lipinski definition) is 5. The monoisotopic (exact) mass is 250 g/mol. The summed E-state index contributed by atoms with van der Waals surface area (Å²) in [5, 5.41) is 0. The molecule has 0 aliphatic heterocycles.